The summed E-state index contributed by atoms with van der Waals surface area (Å²) in [6, 6.07) is 1.36. The summed E-state index contributed by atoms with van der Waals surface area (Å²) in [4.78, 5) is 22.7. The molecule has 1 aromatic heterocycles. The Kier molecular flexibility index (Phi) is 3.00. The van der Waals surface area contributed by atoms with E-state index in [1.807, 2.05) is 0 Å². The van der Waals surface area contributed by atoms with Gasteiger partial charge < -0.3 is 0 Å². The molecular weight excluding hydrogens is 202 g/mol. The molecule has 0 bridgehead atoms. The minimum atomic E-state index is -0.455. The number of aryl methyl sites for hydroxylation is 1. The molecule has 1 aromatic rings. The highest BCUT2D eigenvalue weighted by Gasteiger charge is 2.20. The van der Waals surface area contributed by atoms with Crippen LogP contribution in [0.1, 0.15) is 28.4 Å². The van der Waals surface area contributed by atoms with Gasteiger partial charge in [-0.1, -0.05) is 13.8 Å². The monoisotopic (exact) mass is 213 g/mol. The van der Waals surface area contributed by atoms with E-state index >= 15 is 0 Å². The number of carbonyl (C=O) groups excluding carboxylic acids is 1. The van der Waals surface area contributed by atoms with Gasteiger partial charge in [0.25, 0.3) is 5.69 Å². The average Bonchev–Trinajstić information content (AvgIpc) is 2.45. The second-order valence-electron chi connectivity index (χ2n) is 3.33. The SMILES string of the molecule is Cc1sc(C(=O)C(C)C)cc1[N+](=O)[O-]. The molecule has 0 aliphatic carbocycles. The molecule has 0 aromatic carbocycles. The molecule has 0 saturated heterocycles. The summed E-state index contributed by atoms with van der Waals surface area (Å²) >= 11 is 1.19. The van der Waals surface area contributed by atoms with E-state index in [2.05, 4.69) is 0 Å². The maximum atomic E-state index is 11.5. The third kappa shape index (κ3) is 1.98. The van der Waals surface area contributed by atoms with Crippen LogP contribution < -0.4 is 0 Å². The van der Waals surface area contributed by atoms with E-state index in [9.17, 15) is 14.9 Å². The summed E-state index contributed by atoms with van der Waals surface area (Å²) in [5, 5.41) is 10.5. The minimum absolute atomic E-state index is 0.0359. The predicted octanol–water partition coefficient (Wildman–Crippen LogP) is 2.80. The number of nitro groups is 1. The van der Waals surface area contributed by atoms with E-state index in [4.69, 9.17) is 0 Å². The molecule has 0 N–H and O–H groups in total. The minimum Gasteiger partial charge on any atom is -0.293 e. The van der Waals surface area contributed by atoms with E-state index in [-0.39, 0.29) is 17.4 Å². The standard InChI is InChI=1S/C9H11NO3S/c1-5(2)9(11)8-4-7(10(12)13)6(3)14-8/h4-5H,1-3H3. The van der Waals surface area contributed by atoms with E-state index in [0.29, 0.717) is 9.75 Å². The summed E-state index contributed by atoms with van der Waals surface area (Å²) < 4.78 is 0. The summed E-state index contributed by atoms with van der Waals surface area (Å²) in [5.41, 5.74) is 0.0407. The lowest BCUT2D eigenvalue weighted by atomic mass is 10.1. The van der Waals surface area contributed by atoms with Crippen molar-refractivity contribution in [1.29, 1.82) is 0 Å². The van der Waals surface area contributed by atoms with Gasteiger partial charge in [0.1, 0.15) is 0 Å². The maximum Gasteiger partial charge on any atom is 0.283 e. The molecule has 0 saturated carbocycles. The Labute approximate surface area is 85.7 Å². The molecule has 4 nitrogen and oxygen atoms in total. The molecule has 14 heavy (non-hydrogen) atoms. The normalized spacial score (nSPS) is 10.6. The summed E-state index contributed by atoms with van der Waals surface area (Å²) in [6.45, 7) is 5.21. The first-order valence-electron chi connectivity index (χ1n) is 4.22. The van der Waals surface area contributed by atoms with E-state index in [1.165, 1.54) is 17.4 Å². The Hall–Kier alpha value is -1.23. The first-order chi connectivity index (χ1) is 6.43. The number of rotatable bonds is 3. The Morgan fingerprint density at radius 3 is 2.50 bits per heavy atom. The van der Waals surface area contributed by atoms with Crippen molar-refractivity contribution in [2.45, 2.75) is 20.8 Å². The Bertz CT molecular complexity index is 381. The number of nitrogens with zero attached hydrogens (tertiary/aromatic N) is 1. The lowest BCUT2D eigenvalue weighted by Crippen LogP contribution is -2.04. The van der Waals surface area contributed by atoms with Crippen LogP contribution >= 0.6 is 11.3 Å². The number of hydrogen-bond donors (Lipinski definition) is 0. The van der Waals surface area contributed by atoms with E-state index < -0.39 is 4.92 Å². The molecule has 5 heteroatoms. The van der Waals surface area contributed by atoms with Crippen molar-refractivity contribution >= 4 is 22.8 Å². The quantitative estimate of drug-likeness (QED) is 0.440. The lowest BCUT2D eigenvalue weighted by Gasteiger charge is -1.98. The maximum absolute atomic E-state index is 11.5. The van der Waals surface area contributed by atoms with E-state index in [1.54, 1.807) is 20.8 Å². The zero-order chi connectivity index (χ0) is 10.9. The topological polar surface area (TPSA) is 60.2 Å². The van der Waals surface area contributed by atoms with Gasteiger partial charge in [-0.3, -0.25) is 14.9 Å². The van der Waals surface area contributed by atoms with Gasteiger partial charge in [0.2, 0.25) is 0 Å². The van der Waals surface area contributed by atoms with Crippen molar-refractivity contribution in [3.05, 3.63) is 25.9 Å². The van der Waals surface area contributed by atoms with Crippen LogP contribution in [0.25, 0.3) is 0 Å². The van der Waals surface area contributed by atoms with Gasteiger partial charge in [0, 0.05) is 12.0 Å². The molecule has 76 valence electrons. The summed E-state index contributed by atoms with van der Waals surface area (Å²) in [5.74, 6) is -0.154. The fourth-order valence-corrected chi connectivity index (χ4v) is 2.13. The third-order valence-corrected chi connectivity index (χ3v) is 2.91. The first kappa shape index (κ1) is 10.8. The van der Waals surface area contributed by atoms with Gasteiger partial charge in [-0.15, -0.1) is 11.3 Å². The predicted molar refractivity (Wildman–Crippen MR) is 54.9 cm³/mol. The number of Topliss-reactive ketones (excluding diaryl/α,β-unsaturated/α-hetero) is 1. The van der Waals surface area contributed by atoms with Crippen molar-refractivity contribution in [3.63, 3.8) is 0 Å². The fourth-order valence-electron chi connectivity index (χ4n) is 1.06. The molecule has 0 unspecified atom stereocenters. The average molecular weight is 213 g/mol. The largest absolute Gasteiger partial charge is 0.293 e. The molecule has 1 rings (SSSR count). The second kappa shape index (κ2) is 3.88. The zero-order valence-corrected chi connectivity index (χ0v) is 9.05. The van der Waals surface area contributed by atoms with Gasteiger partial charge >= 0.3 is 0 Å². The number of carbonyl (C=O) groups is 1. The molecule has 1 heterocycles. The molecule has 0 spiro atoms. The van der Waals surface area contributed by atoms with Crippen LogP contribution in [0.4, 0.5) is 5.69 Å². The van der Waals surface area contributed by atoms with Crippen molar-refractivity contribution in [2.24, 2.45) is 5.92 Å². The molecule has 0 aliphatic rings. The van der Waals surface area contributed by atoms with Crippen molar-refractivity contribution in [1.82, 2.24) is 0 Å². The van der Waals surface area contributed by atoms with Gasteiger partial charge in [0.05, 0.1) is 14.7 Å². The number of ketones is 1. The second-order valence-corrected chi connectivity index (χ2v) is 4.58. The van der Waals surface area contributed by atoms with Crippen molar-refractivity contribution in [3.8, 4) is 0 Å². The van der Waals surface area contributed by atoms with Crippen LogP contribution in [0.2, 0.25) is 0 Å². The molecule has 0 fully saturated rings. The van der Waals surface area contributed by atoms with Crippen LogP contribution in [-0.2, 0) is 0 Å². The lowest BCUT2D eigenvalue weighted by molar-refractivity contribution is -0.385. The van der Waals surface area contributed by atoms with Gasteiger partial charge in [-0.25, -0.2) is 0 Å². The molecule has 0 radical (unpaired) electrons. The van der Waals surface area contributed by atoms with Gasteiger partial charge in [-0.05, 0) is 6.92 Å². The highest BCUT2D eigenvalue weighted by molar-refractivity contribution is 7.14. The van der Waals surface area contributed by atoms with E-state index in [0.717, 1.165) is 0 Å². The first-order valence-corrected chi connectivity index (χ1v) is 5.04. The third-order valence-electron chi connectivity index (χ3n) is 1.86. The van der Waals surface area contributed by atoms with Crippen LogP contribution in [-0.4, -0.2) is 10.7 Å². The van der Waals surface area contributed by atoms with Crippen LogP contribution in [0.15, 0.2) is 6.07 Å². The summed E-state index contributed by atoms with van der Waals surface area (Å²) in [6.07, 6.45) is 0. The van der Waals surface area contributed by atoms with Gasteiger partial charge in [0.15, 0.2) is 5.78 Å². The smallest absolute Gasteiger partial charge is 0.283 e. The highest BCUT2D eigenvalue weighted by atomic mass is 32.1. The van der Waals surface area contributed by atoms with Gasteiger partial charge in [-0.2, -0.15) is 0 Å². The summed E-state index contributed by atoms with van der Waals surface area (Å²) in [7, 11) is 0. The van der Waals surface area contributed by atoms with Crippen molar-refractivity contribution in [2.75, 3.05) is 0 Å². The fraction of sp³-hybridized carbons (Fsp3) is 0.444. The Morgan fingerprint density at radius 1 is 1.57 bits per heavy atom. The van der Waals surface area contributed by atoms with Crippen LogP contribution in [0.3, 0.4) is 0 Å². The zero-order valence-electron chi connectivity index (χ0n) is 8.23. The Balaban J connectivity index is 3.09. The van der Waals surface area contributed by atoms with Crippen molar-refractivity contribution < 1.29 is 9.72 Å². The van der Waals surface area contributed by atoms with Crippen LogP contribution in [0.5, 0.6) is 0 Å². The molecular formula is C9H11NO3S. The number of thiophene rings is 1. The number of hydrogen-bond acceptors (Lipinski definition) is 4. The van der Waals surface area contributed by atoms with Crippen LogP contribution in [0, 0.1) is 23.0 Å². The Morgan fingerprint density at radius 2 is 2.14 bits per heavy atom. The highest BCUT2D eigenvalue weighted by Crippen LogP contribution is 2.29. The molecule has 0 aliphatic heterocycles. The molecule has 0 amide bonds. The molecule has 0 atom stereocenters.